The van der Waals surface area contributed by atoms with Crippen molar-refractivity contribution in [1.29, 1.82) is 0 Å². The molecular formula is C34H48N4O5. The Morgan fingerprint density at radius 1 is 0.791 bits per heavy atom. The van der Waals surface area contributed by atoms with Crippen LogP contribution in [0.25, 0.3) is 0 Å². The molecule has 1 saturated carbocycles. The molecule has 3 rings (SSSR count). The van der Waals surface area contributed by atoms with Crippen molar-refractivity contribution in [3.8, 4) is 5.75 Å². The van der Waals surface area contributed by atoms with Crippen LogP contribution in [0, 0.1) is 11.8 Å². The zero-order valence-electron chi connectivity index (χ0n) is 26.0. The van der Waals surface area contributed by atoms with E-state index in [0.717, 1.165) is 17.5 Å². The summed E-state index contributed by atoms with van der Waals surface area (Å²) in [7, 11) is 0. The molecule has 9 nitrogen and oxygen atoms in total. The zero-order chi connectivity index (χ0) is 31.2. The molecule has 0 heterocycles. The number of amides is 4. The Bertz CT molecular complexity index is 1180. The molecule has 2 aromatic carbocycles. The number of benzene rings is 2. The lowest BCUT2D eigenvalue weighted by Crippen LogP contribution is -2.58. The molecule has 1 aliphatic rings. The summed E-state index contributed by atoms with van der Waals surface area (Å²) in [6.07, 6.45) is 7.42. The van der Waals surface area contributed by atoms with Crippen LogP contribution in [0.1, 0.15) is 77.3 Å². The van der Waals surface area contributed by atoms with E-state index in [4.69, 9.17) is 4.74 Å². The first-order valence-electron chi connectivity index (χ1n) is 15.5. The first kappa shape index (κ1) is 33.6. The van der Waals surface area contributed by atoms with Gasteiger partial charge in [0.15, 0.2) is 0 Å². The minimum absolute atomic E-state index is 0.233. The first-order valence-corrected chi connectivity index (χ1v) is 15.5. The highest BCUT2D eigenvalue weighted by Crippen LogP contribution is 2.25. The molecule has 9 heteroatoms. The van der Waals surface area contributed by atoms with E-state index in [1.807, 2.05) is 68.4 Å². The summed E-state index contributed by atoms with van der Waals surface area (Å²) in [6, 6.07) is 14.7. The van der Waals surface area contributed by atoms with Crippen LogP contribution in [0.5, 0.6) is 5.75 Å². The number of carbonyl (C=O) groups excluding carboxylic acids is 4. The molecule has 2 aromatic rings. The fraction of sp³-hybridized carbons (Fsp3) is 0.529. The van der Waals surface area contributed by atoms with Gasteiger partial charge in [-0.05, 0) is 48.4 Å². The smallest absolute Gasteiger partial charge is 0.243 e. The van der Waals surface area contributed by atoms with Crippen LogP contribution in [0.3, 0.4) is 0 Å². The van der Waals surface area contributed by atoms with E-state index in [0.29, 0.717) is 24.8 Å². The van der Waals surface area contributed by atoms with Gasteiger partial charge in [0.2, 0.25) is 23.6 Å². The van der Waals surface area contributed by atoms with Crippen molar-refractivity contribution in [2.45, 2.75) is 97.4 Å². The summed E-state index contributed by atoms with van der Waals surface area (Å²) in [5.41, 5.74) is 1.88. The van der Waals surface area contributed by atoms with Gasteiger partial charge in [0, 0.05) is 19.9 Å². The Kier molecular flexibility index (Phi) is 13.5. The minimum Gasteiger partial charge on any atom is -0.489 e. The molecule has 4 N–H and O–H groups in total. The summed E-state index contributed by atoms with van der Waals surface area (Å²) < 4.78 is 5.85. The number of rotatable bonds is 15. The van der Waals surface area contributed by atoms with Gasteiger partial charge >= 0.3 is 0 Å². The second kappa shape index (κ2) is 17.3. The highest BCUT2D eigenvalue weighted by Gasteiger charge is 2.30. The Morgan fingerprint density at radius 2 is 1.47 bits per heavy atom. The maximum Gasteiger partial charge on any atom is 0.243 e. The second-order valence-electron chi connectivity index (χ2n) is 11.9. The van der Waals surface area contributed by atoms with Gasteiger partial charge in [-0.3, -0.25) is 19.2 Å². The van der Waals surface area contributed by atoms with Gasteiger partial charge in [-0.25, -0.2) is 0 Å². The van der Waals surface area contributed by atoms with Crippen molar-refractivity contribution in [3.63, 3.8) is 0 Å². The molecule has 234 valence electrons. The molecule has 0 radical (unpaired) electrons. The van der Waals surface area contributed by atoms with Gasteiger partial charge in [-0.1, -0.05) is 88.4 Å². The summed E-state index contributed by atoms with van der Waals surface area (Å²) in [6.45, 7) is 7.66. The largest absolute Gasteiger partial charge is 0.489 e. The summed E-state index contributed by atoms with van der Waals surface area (Å²) in [4.78, 5) is 51.1. The fourth-order valence-corrected chi connectivity index (χ4v) is 5.34. The van der Waals surface area contributed by atoms with Crippen molar-refractivity contribution in [1.82, 2.24) is 21.3 Å². The van der Waals surface area contributed by atoms with Crippen LogP contribution >= 0.6 is 0 Å². The predicted octanol–water partition coefficient (Wildman–Crippen LogP) is 4.04. The molecule has 4 amide bonds. The van der Waals surface area contributed by atoms with Gasteiger partial charge in [0.1, 0.15) is 30.5 Å². The van der Waals surface area contributed by atoms with Gasteiger partial charge < -0.3 is 26.0 Å². The van der Waals surface area contributed by atoms with Gasteiger partial charge in [-0.15, -0.1) is 0 Å². The number of hydrogen-bond acceptors (Lipinski definition) is 5. The molecule has 3 atom stereocenters. The van der Waals surface area contributed by atoms with Crippen molar-refractivity contribution >= 4 is 23.6 Å². The Morgan fingerprint density at radius 3 is 2.09 bits per heavy atom. The van der Waals surface area contributed by atoms with E-state index in [9.17, 15) is 19.2 Å². The molecule has 1 fully saturated rings. The standard InChI is InChI=1S/C34H48N4O5/c1-23(2)31(34(42)36-24(3)32(40)35-20-19-26-11-7-5-8-12-26)38-33(41)30(37-25(4)39)21-27-15-17-29(18-16-27)43-22-28-13-9-6-10-14-28/h6,9-10,13-18,23-24,26,30-31H,5,7-8,11-12,19-22H2,1-4H3,(H,35,40)(H,36,42)(H,37,39)(H,38,41)/t24-,30+,31+/m1/s1. The molecule has 1 aliphatic carbocycles. The number of ether oxygens (including phenoxy) is 1. The average molecular weight is 593 g/mol. The van der Waals surface area contributed by atoms with Crippen molar-refractivity contribution < 1.29 is 23.9 Å². The molecule has 0 saturated heterocycles. The van der Waals surface area contributed by atoms with E-state index >= 15 is 0 Å². The quantitative estimate of drug-likeness (QED) is 0.248. The van der Waals surface area contributed by atoms with Crippen LogP contribution in [0.15, 0.2) is 54.6 Å². The number of nitrogens with one attached hydrogen (secondary N) is 4. The highest BCUT2D eigenvalue weighted by atomic mass is 16.5. The Hall–Kier alpha value is -3.88. The average Bonchev–Trinajstić information content (AvgIpc) is 2.99. The molecule has 0 bridgehead atoms. The molecule has 0 spiro atoms. The van der Waals surface area contributed by atoms with Crippen molar-refractivity contribution in [2.75, 3.05) is 6.54 Å². The number of carbonyl (C=O) groups is 4. The van der Waals surface area contributed by atoms with E-state index in [-0.39, 0.29) is 24.2 Å². The third-order valence-corrected chi connectivity index (χ3v) is 7.88. The van der Waals surface area contributed by atoms with Crippen LogP contribution in [0.4, 0.5) is 0 Å². The Labute approximate surface area is 255 Å². The number of hydrogen-bond donors (Lipinski definition) is 4. The first-order chi connectivity index (χ1) is 20.6. The lowest BCUT2D eigenvalue weighted by Gasteiger charge is -2.26. The van der Waals surface area contributed by atoms with Crippen LogP contribution in [-0.4, -0.2) is 48.3 Å². The summed E-state index contributed by atoms with van der Waals surface area (Å²) in [5.74, 6) is -0.418. The lowest BCUT2D eigenvalue weighted by atomic mass is 9.87. The van der Waals surface area contributed by atoms with E-state index in [1.54, 1.807) is 6.92 Å². The third-order valence-electron chi connectivity index (χ3n) is 7.88. The maximum absolute atomic E-state index is 13.3. The molecule has 43 heavy (non-hydrogen) atoms. The minimum atomic E-state index is -0.886. The monoisotopic (exact) mass is 592 g/mol. The third kappa shape index (κ3) is 11.7. The van der Waals surface area contributed by atoms with Gasteiger partial charge in [0.05, 0.1) is 0 Å². The Balaban J connectivity index is 1.53. The topological polar surface area (TPSA) is 126 Å². The van der Waals surface area contributed by atoms with Crippen LogP contribution in [0.2, 0.25) is 0 Å². The van der Waals surface area contributed by atoms with E-state index < -0.39 is 29.9 Å². The zero-order valence-corrected chi connectivity index (χ0v) is 26.0. The summed E-state index contributed by atoms with van der Waals surface area (Å²) >= 11 is 0. The second-order valence-corrected chi connectivity index (χ2v) is 11.9. The summed E-state index contributed by atoms with van der Waals surface area (Å²) in [5, 5.41) is 11.2. The van der Waals surface area contributed by atoms with E-state index in [1.165, 1.54) is 39.0 Å². The van der Waals surface area contributed by atoms with Crippen molar-refractivity contribution in [3.05, 3.63) is 65.7 Å². The van der Waals surface area contributed by atoms with Gasteiger partial charge in [-0.2, -0.15) is 0 Å². The van der Waals surface area contributed by atoms with Gasteiger partial charge in [0.25, 0.3) is 0 Å². The molecule has 0 aliphatic heterocycles. The van der Waals surface area contributed by atoms with Crippen LogP contribution in [-0.2, 0) is 32.2 Å². The van der Waals surface area contributed by atoms with E-state index in [2.05, 4.69) is 21.3 Å². The highest BCUT2D eigenvalue weighted by molar-refractivity contribution is 5.94. The van der Waals surface area contributed by atoms with Crippen molar-refractivity contribution in [2.24, 2.45) is 11.8 Å². The maximum atomic E-state index is 13.3. The predicted molar refractivity (Wildman–Crippen MR) is 167 cm³/mol. The SMILES string of the molecule is CC(=O)N[C@@H](Cc1ccc(OCc2ccccc2)cc1)C(=O)N[C@H](C(=O)N[C@H](C)C(=O)NCCC1CCCCC1)C(C)C. The molecule has 0 unspecified atom stereocenters. The molecular weight excluding hydrogens is 544 g/mol. The molecule has 0 aromatic heterocycles. The fourth-order valence-electron chi connectivity index (χ4n) is 5.34. The van der Waals surface area contributed by atoms with Crippen LogP contribution < -0.4 is 26.0 Å². The lowest BCUT2D eigenvalue weighted by molar-refractivity contribution is -0.134. The normalized spacial score (nSPS) is 15.6.